The zero-order valence-corrected chi connectivity index (χ0v) is 14.7. The van der Waals surface area contributed by atoms with Crippen LogP contribution < -0.4 is 10.1 Å². The monoisotopic (exact) mass is 335 g/mol. The number of hydrogen-bond acceptors (Lipinski definition) is 3. The van der Waals surface area contributed by atoms with Crippen molar-refractivity contribution in [3.05, 3.63) is 59.8 Å². The number of benzene rings is 2. The molecule has 1 fully saturated rings. The smallest absolute Gasteiger partial charge is 0.123 e. The molecule has 1 aliphatic carbocycles. The molecule has 0 amide bonds. The zero-order valence-electron chi connectivity index (χ0n) is 14.7. The van der Waals surface area contributed by atoms with Crippen LogP contribution in [0.15, 0.2) is 48.7 Å². The highest BCUT2D eigenvalue weighted by atomic mass is 16.5. The molecule has 0 spiro atoms. The van der Waals surface area contributed by atoms with Gasteiger partial charge in [0.25, 0.3) is 0 Å². The van der Waals surface area contributed by atoms with Gasteiger partial charge in [-0.1, -0.05) is 30.3 Å². The highest BCUT2D eigenvalue weighted by Crippen LogP contribution is 2.30. The molecule has 1 saturated carbocycles. The lowest BCUT2D eigenvalue weighted by atomic mass is 9.92. The summed E-state index contributed by atoms with van der Waals surface area (Å²) >= 11 is 0. The maximum absolute atomic E-state index is 6.36. The Morgan fingerprint density at radius 2 is 2.04 bits per heavy atom. The van der Waals surface area contributed by atoms with E-state index in [1.807, 2.05) is 6.20 Å². The molecule has 4 rings (SSSR count). The minimum atomic E-state index is 0.282. The Hall–Kier alpha value is -2.33. The van der Waals surface area contributed by atoms with E-state index in [0.29, 0.717) is 6.04 Å². The number of hydrogen-bond donors (Lipinski definition) is 2. The van der Waals surface area contributed by atoms with E-state index >= 15 is 0 Å². The first kappa shape index (κ1) is 16.2. The normalized spacial score (nSPS) is 20.7. The molecule has 2 unspecified atom stereocenters. The van der Waals surface area contributed by atoms with Crippen LogP contribution in [0.3, 0.4) is 0 Å². The molecule has 3 aromatic rings. The average Bonchev–Trinajstić information content (AvgIpc) is 3.13. The predicted octanol–water partition coefficient (Wildman–Crippen LogP) is 4.35. The van der Waals surface area contributed by atoms with E-state index < -0.39 is 0 Å². The third kappa shape index (κ3) is 3.69. The molecule has 1 aliphatic rings. The summed E-state index contributed by atoms with van der Waals surface area (Å²) in [6.07, 6.45) is 6.80. The van der Waals surface area contributed by atoms with Crippen LogP contribution in [0.5, 0.6) is 5.75 Å². The van der Waals surface area contributed by atoms with Crippen LogP contribution in [-0.2, 0) is 6.54 Å². The van der Waals surface area contributed by atoms with Crippen LogP contribution in [-0.4, -0.2) is 22.3 Å². The van der Waals surface area contributed by atoms with E-state index in [9.17, 15) is 0 Å². The van der Waals surface area contributed by atoms with Gasteiger partial charge in [0.05, 0.1) is 11.7 Å². The second-order valence-electron chi connectivity index (χ2n) is 6.99. The van der Waals surface area contributed by atoms with Crippen molar-refractivity contribution >= 4 is 10.9 Å². The summed E-state index contributed by atoms with van der Waals surface area (Å²) in [5.41, 5.74) is 3.58. The van der Waals surface area contributed by atoms with Crippen molar-refractivity contribution in [2.24, 2.45) is 0 Å². The first-order chi connectivity index (χ1) is 12.3. The molecule has 4 heteroatoms. The van der Waals surface area contributed by atoms with Crippen LogP contribution in [0.4, 0.5) is 0 Å². The molecule has 1 aromatic heterocycles. The Kier molecular flexibility index (Phi) is 4.70. The van der Waals surface area contributed by atoms with Gasteiger partial charge in [0, 0.05) is 23.5 Å². The number of fused-ring (bicyclic) bond motifs is 1. The summed E-state index contributed by atoms with van der Waals surface area (Å²) in [6.45, 7) is 3.04. The first-order valence-corrected chi connectivity index (χ1v) is 9.16. The van der Waals surface area contributed by atoms with Crippen LogP contribution in [0.1, 0.15) is 36.8 Å². The van der Waals surface area contributed by atoms with E-state index in [2.05, 4.69) is 64.9 Å². The van der Waals surface area contributed by atoms with E-state index in [4.69, 9.17) is 4.74 Å². The molecule has 2 aromatic carbocycles. The summed E-state index contributed by atoms with van der Waals surface area (Å²) in [5.74, 6) is 0.989. The van der Waals surface area contributed by atoms with Crippen molar-refractivity contribution in [3.63, 3.8) is 0 Å². The number of rotatable bonds is 5. The standard InChI is InChI=1S/C21H25N3O/c1-15-19-14-23-24-20(19)10-11-21(15)25-18-9-5-8-17(12-18)22-13-16-6-3-2-4-7-16/h2-4,6-7,10-11,14,17-18,22H,5,8-9,12-13H2,1H3,(H,23,24). The SMILES string of the molecule is Cc1c(OC2CCCC(NCc3ccccc3)C2)ccc2[nH]ncc12. The lowest BCUT2D eigenvalue weighted by Gasteiger charge is -2.30. The summed E-state index contributed by atoms with van der Waals surface area (Å²) < 4.78 is 6.36. The average molecular weight is 335 g/mol. The minimum absolute atomic E-state index is 0.282. The van der Waals surface area contributed by atoms with Gasteiger partial charge in [-0.2, -0.15) is 5.10 Å². The van der Waals surface area contributed by atoms with Gasteiger partial charge in [0.1, 0.15) is 11.9 Å². The third-order valence-electron chi connectivity index (χ3n) is 5.20. The molecule has 1 heterocycles. The van der Waals surface area contributed by atoms with Crippen LogP contribution in [0, 0.1) is 6.92 Å². The maximum atomic E-state index is 6.36. The topological polar surface area (TPSA) is 49.9 Å². The van der Waals surface area contributed by atoms with Crippen molar-refractivity contribution in [3.8, 4) is 5.75 Å². The maximum Gasteiger partial charge on any atom is 0.123 e. The van der Waals surface area contributed by atoms with Crippen LogP contribution in [0.25, 0.3) is 10.9 Å². The van der Waals surface area contributed by atoms with Crippen molar-refractivity contribution in [2.45, 2.75) is 51.3 Å². The van der Waals surface area contributed by atoms with Crippen LogP contribution in [0.2, 0.25) is 0 Å². The summed E-state index contributed by atoms with van der Waals surface area (Å²) in [5, 5.41) is 12.0. The first-order valence-electron chi connectivity index (χ1n) is 9.16. The fourth-order valence-electron chi connectivity index (χ4n) is 3.74. The van der Waals surface area contributed by atoms with Crippen molar-refractivity contribution < 1.29 is 4.74 Å². The quantitative estimate of drug-likeness (QED) is 0.729. The summed E-state index contributed by atoms with van der Waals surface area (Å²) in [6, 6.07) is 15.2. The van der Waals surface area contributed by atoms with Crippen molar-refractivity contribution in [2.75, 3.05) is 0 Å². The molecule has 2 N–H and O–H groups in total. The Labute approximate surface area is 148 Å². The Morgan fingerprint density at radius 1 is 1.16 bits per heavy atom. The van der Waals surface area contributed by atoms with Crippen molar-refractivity contribution in [1.82, 2.24) is 15.5 Å². The van der Waals surface area contributed by atoms with E-state index in [1.165, 1.54) is 24.0 Å². The lowest BCUT2D eigenvalue weighted by molar-refractivity contribution is 0.133. The largest absolute Gasteiger partial charge is 0.490 e. The minimum Gasteiger partial charge on any atom is -0.490 e. The molecule has 4 nitrogen and oxygen atoms in total. The Morgan fingerprint density at radius 3 is 2.92 bits per heavy atom. The van der Waals surface area contributed by atoms with Gasteiger partial charge in [-0.3, -0.25) is 5.10 Å². The second-order valence-corrected chi connectivity index (χ2v) is 6.99. The van der Waals surface area contributed by atoms with Gasteiger partial charge in [-0.25, -0.2) is 0 Å². The van der Waals surface area contributed by atoms with Gasteiger partial charge in [-0.15, -0.1) is 0 Å². The highest BCUT2D eigenvalue weighted by molar-refractivity contribution is 5.83. The Bertz CT molecular complexity index is 828. The molecular weight excluding hydrogens is 310 g/mol. The Balaban J connectivity index is 1.38. The fourth-order valence-corrected chi connectivity index (χ4v) is 3.74. The summed E-state index contributed by atoms with van der Waals surface area (Å²) in [7, 11) is 0. The van der Waals surface area contributed by atoms with Gasteiger partial charge in [-0.05, 0) is 50.3 Å². The number of aromatic nitrogens is 2. The second kappa shape index (κ2) is 7.28. The molecule has 0 radical (unpaired) electrons. The highest BCUT2D eigenvalue weighted by Gasteiger charge is 2.23. The lowest BCUT2D eigenvalue weighted by Crippen LogP contribution is -2.37. The van der Waals surface area contributed by atoms with Crippen LogP contribution >= 0.6 is 0 Å². The van der Waals surface area contributed by atoms with E-state index in [-0.39, 0.29) is 6.10 Å². The van der Waals surface area contributed by atoms with Crippen molar-refractivity contribution in [1.29, 1.82) is 0 Å². The van der Waals surface area contributed by atoms with Gasteiger partial charge in [0.15, 0.2) is 0 Å². The number of nitrogens with one attached hydrogen (secondary N) is 2. The van der Waals surface area contributed by atoms with Gasteiger partial charge >= 0.3 is 0 Å². The molecule has 25 heavy (non-hydrogen) atoms. The molecule has 0 bridgehead atoms. The third-order valence-corrected chi connectivity index (χ3v) is 5.20. The molecule has 2 atom stereocenters. The summed E-state index contributed by atoms with van der Waals surface area (Å²) in [4.78, 5) is 0. The number of ether oxygens (including phenoxy) is 1. The molecule has 0 saturated heterocycles. The van der Waals surface area contributed by atoms with E-state index in [0.717, 1.165) is 36.0 Å². The van der Waals surface area contributed by atoms with E-state index in [1.54, 1.807) is 0 Å². The number of H-pyrrole nitrogens is 1. The number of nitrogens with zero attached hydrogens (tertiary/aromatic N) is 1. The fraction of sp³-hybridized carbons (Fsp3) is 0.381. The predicted molar refractivity (Wildman–Crippen MR) is 101 cm³/mol. The number of aryl methyl sites for hydroxylation is 1. The number of aromatic amines is 1. The molecular formula is C21H25N3O. The van der Waals surface area contributed by atoms with Gasteiger partial charge in [0.2, 0.25) is 0 Å². The molecule has 0 aliphatic heterocycles. The zero-order chi connectivity index (χ0) is 17.1. The van der Waals surface area contributed by atoms with Gasteiger partial charge < -0.3 is 10.1 Å². The molecule has 130 valence electrons.